The van der Waals surface area contributed by atoms with Crippen molar-refractivity contribution < 1.29 is 19.0 Å². The van der Waals surface area contributed by atoms with Gasteiger partial charge in [0.2, 0.25) is 5.65 Å². The van der Waals surface area contributed by atoms with Crippen LogP contribution < -0.4 is 19.5 Å². The van der Waals surface area contributed by atoms with Gasteiger partial charge in [-0.2, -0.15) is 0 Å². The van der Waals surface area contributed by atoms with E-state index in [1.165, 1.54) is 7.11 Å². The molecule has 34 heavy (non-hydrogen) atoms. The highest BCUT2D eigenvalue weighted by molar-refractivity contribution is 6.04. The number of benzene rings is 3. The predicted molar refractivity (Wildman–Crippen MR) is 127 cm³/mol. The number of anilines is 1. The first-order valence-corrected chi connectivity index (χ1v) is 10.5. The van der Waals surface area contributed by atoms with Crippen molar-refractivity contribution in [3.63, 3.8) is 0 Å². The topological polar surface area (TPSA) is 99.9 Å². The van der Waals surface area contributed by atoms with Gasteiger partial charge in [-0.25, -0.2) is 4.98 Å². The number of carbonyl (C=O) groups excluding carboxylic acids is 1. The van der Waals surface area contributed by atoms with Gasteiger partial charge in [0.25, 0.3) is 11.8 Å². The molecule has 5 aromatic rings. The molecule has 2 aromatic heterocycles. The van der Waals surface area contributed by atoms with Gasteiger partial charge in [-0.1, -0.05) is 12.1 Å². The number of aryl methyl sites for hydroxylation is 1. The molecule has 1 amide bonds. The summed E-state index contributed by atoms with van der Waals surface area (Å²) in [5, 5.41) is 11.3. The van der Waals surface area contributed by atoms with E-state index in [-0.39, 0.29) is 5.91 Å². The lowest BCUT2D eigenvalue weighted by Crippen LogP contribution is -2.12. The lowest BCUT2D eigenvalue weighted by molar-refractivity contribution is 0.102. The van der Waals surface area contributed by atoms with Crippen LogP contribution >= 0.6 is 0 Å². The molecule has 0 atom stereocenters. The molecule has 1 N–H and O–H groups in total. The summed E-state index contributed by atoms with van der Waals surface area (Å²) in [7, 11) is 3.07. The smallest absolute Gasteiger partial charge is 0.266 e. The highest BCUT2D eigenvalue weighted by Gasteiger charge is 2.15. The largest absolute Gasteiger partial charge is 0.493 e. The molecule has 2 heterocycles. The van der Waals surface area contributed by atoms with Gasteiger partial charge in [0.1, 0.15) is 11.6 Å². The lowest BCUT2D eigenvalue weighted by atomic mass is 10.2. The summed E-state index contributed by atoms with van der Waals surface area (Å²) >= 11 is 0. The zero-order chi connectivity index (χ0) is 23.7. The van der Waals surface area contributed by atoms with Gasteiger partial charge in [0.05, 0.1) is 25.3 Å². The summed E-state index contributed by atoms with van der Waals surface area (Å²) < 4.78 is 18.4. The van der Waals surface area contributed by atoms with E-state index in [1.54, 1.807) is 49.6 Å². The molecular weight excluding hydrogens is 434 g/mol. The van der Waals surface area contributed by atoms with Crippen LogP contribution in [0.15, 0.2) is 66.7 Å². The third-order valence-electron chi connectivity index (χ3n) is 5.33. The van der Waals surface area contributed by atoms with Crippen LogP contribution in [0, 0.1) is 6.92 Å². The van der Waals surface area contributed by atoms with Crippen molar-refractivity contribution in [2.75, 3.05) is 19.5 Å². The number of hydrogen-bond donors (Lipinski definition) is 1. The van der Waals surface area contributed by atoms with E-state index in [2.05, 4.69) is 20.5 Å². The second kappa shape index (κ2) is 8.70. The van der Waals surface area contributed by atoms with Crippen LogP contribution in [0.1, 0.15) is 16.2 Å². The van der Waals surface area contributed by atoms with Crippen molar-refractivity contribution in [2.45, 2.75) is 6.92 Å². The minimum Gasteiger partial charge on any atom is -0.493 e. The van der Waals surface area contributed by atoms with E-state index in [1.807, 2.05) is 35.6 Å². The Morgan fingerprint density at radius 2 is 1.68 bits per heavy atom. The van der Waals surface area contributed by atoms with Crippen molar-refractivity contribution in [3.05, 3.63) is 78.1 Å². The predicted octanol–water partition coefficient (Wildman–Crippen LogP) is 4.65. The first-order chi connectivity index (χ1) is 16.6. The SMILES string of the molecule is COc1ccc(C(=O)Nc2ccc(Oc3nc4ccccc4n4c(C)nnc34)cc2)cc1OC. The Labute approximate surface area is 194 Å². The normalized spacial score (nSPS) is 10.9. The van der Waals surface area contributed by atoms with E-state index in [9.17, 15) is 4.79 Å². The van der Waals surface area contributed by atoms with Crippen LogP contribution in [0.3, 0.4) is 0 Å². The van der Waals surface area contributed by atoms with Crippen molar-refractivity contribution in [3.8, 4) is 23.1 Å². The quantitative estimate of drug-likeness (QED) is 0.398. The van der Waals surface area contributed by atoms with E-state index in [0.717, 1.165) is 16.9 Å². The lowest BCUT2D eigenvalue weighted by Gasteiger charge is -2.11. The monoisotopic (exact) mass is 455 g/mol. The van der Waals surface area contributed by atoms with Crippen molar-refractivity contribution in [1.29, 1.82) is 0 Å². The Morgan fingerprint density at radius 3 is 2.44 bits per heavy atom. The Kier molecular flexibility index (Phi) is 5.43. The van der Waals surface area contributed by atoms with Gasteiger partial charge in [0.15, 0.2) is 11.5 Å². The van der Waals surface area contributed by atoms with Crippen molar-refractivity contribution in [2.24, 2.45) is 0 Å². The molecule has 0 unspecified atom stereocenters. The molecule has 0 spiro atoms. The number of nitrogens with zero attached hydrogens (tertiary/aromatic N) is 4. The second-order valence-corrected chi connectivity index (χ2v) is 7.46. The fraction of sp³-hybridized carbons (Fsp3) is 0.120. The molecule has 0 saturated heterocycles. The molecule has 0 fully saturated rings. The van der Waals surface area contributed by atoms with Crippen LogP contribution in [-0.4, -0.2) is 39.7 Å². The molecule has 3 aromatic carbocycles. The third-order valence-corrected chi connectivity index (χ3v) is 5.33. The average molecular weight is 455 g/mol. The maximum Gasteiger partial charge on any atom is 0.266 e. The number of fused-ring (bicyclic) bond motifs is 3. The molecule has 0 radical (unpaired) electrons. The number of aromatic nitrogens is 4. The fourth-order valence-electron chi connectivity index (χ4n) is 3.66. The standard InChI is InChI=1S/C25H21N5O4/c1-15-28-29-23-25(27-19-6-4-5-7-20(19)30(15)23)34-18-11-9-17(10-12-18)26-24(31)16-8-13-21(32-2)22(14-16)33-3/h4-14H,1-3H3,(H,26,31). The van der Waals surface area contributed by atoms with Crippen LogP contribution in [0.4, 0.5) is 5.69 Å². The molecule has 0 aliphatic carbocycles. The second-order valence-electron chi connectivity index (χ2n) is 7.46. The van der Waals surface area contributed by atoms with Gasteiger partial charge in [-0.05, 0) is 61.5 Å². The van der Waals surface area contributed by atoms with Crippen molar-refractivity contribution >= 4 is 28.3 Å². The molecule has 0 aliphatic rings. The Balaban J connectivity index is 1.37. The molecule has 0 aliphatic heterocycles. The summed E-state index contributed by atoms with van der Waals surface area (Å²) in [4.78, 5) is 17.3. The summed E-state index contributed by atoms with van der Waals surface area (Å²) in [5.41, 5.74) is 3.26. The fourth-order valence-corrected chi connectivity index (χ4v) is 3.66. The van der Waals surface area contributed by atoms with Crippen LogP contribution in [0.5, 0.6) is 23.1 Å². The molecule has 9 heteroatoms. The summed E-state index contributed by atoms with van der Waals surface area (Å²) in [6.45, 7) is 1.88. The first kappa shape index (κ1) is 21.2. The maximum atomic E-state index is 12.7. The van der Waals surface area contributed by atoms with E-state index >= 15 is 0 Å². The third kappa shape index (κ3) is 3.83. The minimum absolute atomic E-state index is 0.272. The van der Waals surface area contributed by atoms with Gasteiger partial charge in [0, 0.05) is 11.3 Å². The Bertz CT molecular complexity index is 1510. The number of methoxy groups -OCH3 is 2. The van der Waals surface area contributed by atoms with Gasteiger partial charge < -0.3 is 19.5 Å². The van der Waals surface area contributed by atoms with Crippen LogP contribution in [0.25, 0.3) is 16.7 Å². The van der Waals surface area contributed by atoms with Crippen molar-refractivity contribution in [1.82, 2.24) is 19.6 Å². The molecule has 5 rings (SSSR count). The van der Waals surface area contributed by atoms with Crippen LogP contribution in [0.2, 0.25) is 0 Å². The molecule has 0 bridgehead atoms. The zero-order valence-electron chi connectivity index (χ0n) is 18.8. The Hall–Kier alpha value is -4.66. The summed E-state index contributed by atoms with van der Waals surface area (Å²) in [5.74, 6) is 2.41. The van der Waals surface area contributed by atoms with Gasteiger partial charge in [-0.3, -0.25) is 9.20 Å². The number of para-hydroxylation sites is 2. The summed E-state index contributed by atoms with van der Waals surface area (Å²) in [6.07, 6.45) is 0. The van der Waals surface area contributed by atoms with Crippen LogP contribution in [-0.2, 0) is 0 Å². The summed E-state index contributed by atoms with van der Waals surface area (Å²) in [6, 6.07) is 19.7. The van der Waals surface area contributed by atoms with Gasteiger partial charge in [-0.15, -0.1) is 10.2 Å². The number of amides is 1. The average Bonchev–Trinajstić information content (AvgIpc) is 3.27. The number of ether oxygens (including phenoxy) is 3. The number of rotatable bonds is 6. The highest BCUT2D eigenvalue weighted by Crippen LogP contribution is 2.29. The van der Waals surface area contributed by atoms with E-state index in [4.69, 9.17) is 14.2 Å². The Morgan fingerprint density at radius 1 is 0.912 bits per heavy atom. The number of carbonyl (C=O) groups is 1. The highest BCUT2D eigenvalue weighted by atomic mass is 16.5. The van der Waals surface area contributed by atoms with Gasteiger partial charge >= 0.3 is 0 Å². The zero-order valence-corrected chi connectivity index (χ0v) is 18.8. The van der Waals surface area contributed by atoms with E-state index < -0.39 is 0 Å². The molecular formula is C25H21N5O4. The van der Waals surface area contributed by atoms with E-state index in [0.29, 0.717) is 40.0 Å². The maximum absolute atomic E-state index is 12.7. The molecule has 9 nitrogen and oxygen atoms in total. The number of hydrogen-bond acceptors (Lipinski definition) is 7. The molecule has 170 valence electrons. The minimum atomic E-state index is -0.272. The first-order valence-electron chi connectivity index (χ1n) is 10.5. The number of nitrogens with one attached hydrogen (secondary N) is 1. The molecule has 0 saturated carbocycles.